The lowest BCUT2D eigenvalue weighted by atomic mass is 10.1. The second kappa shape index (κ2) is 6.97. The van der Waals surface area contributed by atoms with Crippen molar-refractivity contribution < 1.29 is 9.18 Å². The van der Waals surface area contributed by atoms with Crippen LogP contribution in [0.5, 0.6) is 0 Å². The first-order chi connectivity index (χ1) is 11.6. The molecule has 0 saturated carbocycles. The van der Waals surface area contributed by atoms with Gasteiger partial charge in [-0.1, -0.05) is 30.4 Å². The summed E-state index contributed by atoms with van der Waals surface area (Å²) in [5.74, 6) is -0.516. The first kappa shape index (κ1) is 16.4. The zero-order chi connectivity index (χ0) is 17.1. The maximum absolute atomic E-state index is 13.2. The Morgan fingerprint density at radius 2 is 1.96 bits per heavy atom. The first-order valence-electron chi connectivity index (χ1n) is 7.79. The highest BCUT2D eigenvalue weighted by Crippen LogP contribution is 2.32. The summed E-state index contributed by atoms with van der Waals surface area (Å²) in [5, 5.41) is 3.65. The lowest BCUT2D eigenvalue weighted by Gasteiger charge is -2.10. The van der Waals surface area contributed by atoms with Crippen molar-refractivity contribution in [1.82, 2.24) is 14.9 Å². The molecule has 1 atom stereocenters. The standard InChI is InChI=1S/C18H18FN3OS/c1-3-12(2)20-17(23)15-16(13-6-8-14(19)9-7-13)24-18(21-15)22-10-4-5-11-22/h4-12H,3H2,1-2H3,(H,20,23). The fraction of sp³-hybridized carbons (Fsp3) is 0.222. The first-order valence-corrected chi connectivity index (χ1v) is 8.61. The molecule has 6 heteroatoms. The van der Waals surface area contributed by atoms with Gasteiger partial charge >= 0.3 is 0 Å². The van der Waals surface area contributed by atoms with Crippen molar-refractivity contribution in [3.63, 3.8) is 0 Å². The number of carbonyl (C=O) groups excluding carboxylic acids is 1. The van der Waals surface area contributed by atoms with Gasteiger partial charge in [0.25, 0.3) is 5.91 Å². The van der Waals surface area contributed by atoms with Crippen molar-refractivity contribution in [2.75, 3.05) is 0 Å². The third kappa shape index (κ3) is 3.38. The van der Waals surface area contributed by atoms with Crippen LogP contribution in [-0.4, -0.2) is 21.5 Å². The molecule has 0 spiro atoms. The van der Waals surface area contributed by atoms with Crippen LogP contribution >= 0.6 is 11.3 Å². The normalized spacial score (nSPS) is 12.1. The Hall–Kier alpha value is -2.47. The van der Waals surface area contributed by atoms with Crippen LogP contribution in [0.4, 0.5) is 4.39 Å². The van der Waals surface area contributed by atoms with E-state index in [0.717, 1.165) is 16.9 Å². The molecule has 1 N–H and O–H groups in total. The molecule has 0 aliphatic carbocycles. The maximum Gasteiger partial charge on any atom is 0.271 e. The molecule has 0 saturated heterocycles. The largest absolute Gasteiger partial charge is 0.348 e. The highest BCUT2D eigenvalue weighted by atomic mass is 32.1. The quantitative estimate of drug-likeness (QED) is 0.752. The van der Waals surface area contributed by atoms with Gasteiger partial charge in [0.15, 0.2) is 5.13 Å². The van der Waals surface area contributed by atoms with Crippen molar-refractivity contribution in [3.05, 3.63) is 60.3 Å². The van der Waals surface area contributed by atoms with E-state index >= 15 is 0 Å². The molecule has 0 aliphatic rings. The van der Waals surface area contributed by atoms with E-state index in [9.17, 15) is 9.18 Å². The van der Waals surface area contributed by atoms with Crippen molar-refractivity contribution in [3.8, 4) is 15.6 Å². The van der Waals surface area contributed by atoms with E-state index in [-0.39, 0.29) is 17.8 Å². The van der Waals surface area contributed by atoms with Crippen LogP contribution in [0.1, 0.15) is 30.8 Å². The molecule has 2 heterocycles. The molecular formula is C18H18FN3OS. The van der Waals surface area contributed by atoms with Crippen molar-refractivity contribution in [1.29, 1.82) is 0 Å². The number of nitrogens with zero attached hydrogens (tertiary/aromatic N) is 2. The van der Waals surface area contributed by atoms with E-state index in [1.807, 2.05) is 42.9 Å². The third-order valence-corrected chi connectivity index (χ3v) is 4.87. The van der Waals surface area contributed by atoms with Crippen molar-refractivity contribution in [2.45, 2.75) is 26.3 Å². The number of rotatable bonds is 5. The van der Waals surface area contributed by atoms with Crippen LogP contribution in [-0.2, 0) is 0 Å². The summed E-state index contributed by atoms with van der Waals surface area (Å²) in [6, 6.07) is 9.98. The third-order valence-electron chi connectivity index (χ3n) is 3.75. The SMILES string of the molecule is CCC(C)NC(=O)c1nc(-n2cccc2)sc1-c1ccc(F)cc1. The summed E-state index contributed by atoms with van der Waals surface area (Å²) in [7, 11) is 0. The van der Waals surface area contributed by atoms with E-state index in [0.29, 0.717) is 10.8 Å². The molecular weight excluding hydrogens is 325 g/mol. The fourth-order valence-electron chi connectivity index (χ4n) is 2.23. The Kier molecular flexibility index (Phi) is 4.76. The van der Waals surface area contributed by atoms with Gasteiger partial charge in [-0.3, -0.25) is 4.79 Å². The van der Waals surface area contributed by atoms with Crippen molar-refractivity contribution >= 4 is 17.2 Å². The minimum Gasteiger partial charge on any atom is -0.348 e. The summed E-state index contributed by atoms with van der Waals surface area (Å²) < 4.78 is 15.1. The van der Waals surface area contributed by atoms with E-state index in [4.69, 9.17) is 0 Å². The van der Waals surface area contributed by atoms with Gasteiger partial charge in [-0.15, -0.1) is 0 Å². The Morgan fingerprint density at radius 3 is 2.58 bits per heavy atom. The van der Waals surface area contributed by atoms with Crippen LogP contribution in [0.25, 0.3) is 15.6 Å². The summed E-state index contributed by atoms with van der Waals surface area (Å²) in [5.41, 5.74) is 1.15. The summed E-state index contributed by atoms with van der Waals surface area (Å²) in [4.78, 5) is 17.9. The maximum atomic E-state index is 13.2. The monoisotopic (exact) mass is 343 g/mol. The van der Waals surface area contributed by atoms with Crippen LogP contribution in [0.3, 0.4) is 0 Å². The smallest absolute Gasteiger partial charge is 0.271 e. The minimum absolute atomic E-state index is 0.0651. The number of hydrogen-bond donors (Lipinski definition) is 1. The summed E-state index contributed by atoms with van der Waals surface area (Å²) >= 11 is 1.41. The average Bonchev–Trinajstić information content (AvgIpc) is 3.24. The molecule has 0 bridgehead atoms. The number of carbonyl (C=O) groups is 1. The molecule has 0 aliphatic heterocycles. The number of benzene rings is 1. The number of halogens is 1. The lowest BCUT2D eigenvalue weighted by molar-refractivity contribution is 0.0935. The Bertz CT molecular complexity index is 825. The van der Waals surface area contributed by atoms with Crippen LogP contribution < -0.4 is 5.32 Å². The molecule has 1 aromatic carbocycles. The molecule has 1 amide bonds. The second-order valence-electron chi connectivity index (χ2n) is 5.55. The summed E-state index contributed by atoms with van der Waals surface area (Å²) in [6.07, 6.45) is 4.60. The number of nitrogens with one attached hydrogen (secondary N) is 1. The predicted molar refractivity (Wildman–Crippen MR) is 94.1 cm³/mol. The van der Waals surface area contributed by atoms with Gasteiger partial charge in [0.2, 0.25) is 0 Å². The Morgan fingerprint density at radius 1 is 1.29 bits per heavy atom. The van der Waals surface area contributed by atoms with Gasteiger partial charge in [-0.2, -0.15) is 0 Å². The highest BCUT2D eigenvalue weighted by molar-refractivity contribution is 7.17. The molecule has 2 aromatic heterocycles. The molecule has 3 rings (SSSR count). The Balaban J connectivity index is 2.04. The van der Waals surface area contributed by atoms with Gasteiger partial charge in [-0.25, -0.2) is 9.37 Å². The highest BCUT2D eigenvalue weighted by Gasteiger charge is 2.21. The predicted octanol–water partition coefficient (Wildman–Crippen LogP) is 4.27. The molecule has 0 radical (unpaired) electrons. The molecule has 3 aromatic rings. The fourth-order valence-corrected chi connectivity index (χ4v) is 3.26. The zero-order valence-corrected chi connectivity index (χ0v) is 14.3. The van der Waals surface area contributed by atoms with E-state index in [1.165, 1.54) is 23.5 Å². The number of thiazole rings is 1. The second-order valence-corrected chi connectivity index (χ2v) is 6.53. The van der Waals surface area contributed by atoms with Crippen LogP contribution in [0.2, 0.25) is 0 Å². The Labute approximate surface area is 144 Å². The van der Waals surface area contributed by atoms with Crippen molar-refractivity contribution in [2.24, 2.45) is 0 Å². The van der Waals surface area contributed by atoms with Gasteiger partial charge < -0.3 is 9.88 Å². The summed E-state index contributed by atoms with van der Waals surface area (Å²) in [6.45, 7) is 3.97. The van der Waals surface area contributed by atoms with Crippen LogP contribution in [0, 0.1) is 5.82 Å². The zero-order valence-electron chi connectivity index (χ0n) is 13.5. The number of amides is 1. The van der Waals surface area contributed by atoms with Crippen LogP contribution in [0.15, 0.2) is 48.8 Å². The average molecular weight is 343 g/mol. The van der Waals surface area contributed by atoms with E-state index in [1.54, 1.807) is 12.1 Å². The number of aromatic nitrogens is 2. The van der Waals surface area contributed by atoms with Gasteiger partial charge in [0.1, 0.15) is 11.5 Å². The number of hydrogen-bond acceptors (Lipinski definition) is 3. The lowest BCUT2D eigenvalue weighted by Crippen LogP contribution is -2.32. The molecule has 124 valence electrons. The van der Waals surface area contributed by atoms with Gasteiger partial charge in [0.05, 0.1) is 4.88 Å². The van der Waals surface area contributed by atoms with E-state index in [2.05, 4.69) is 10.3 Å². The molecule has 1 unspecified atom stereocenters. The minimum atomic E-state index is -0.306. The van der Waals surface area contributed by atoms with Gasteiger partial charge in [0, 0.05) is 18.4 Å². The van der Waals surface area contributed by atoms with E-state index < -0.39 is 0 Å². The van der Waals surface area contributed by atoms with Gasteiger partial charge in [-0.05, 0) is 43.2 Å². The molecule has 4 nitrogen and oxygen atoms in total. The molecule has 0 fully saturated rings. The molecule has 24 heavy (non-hydrogen) atoms. The topological polar surface area (TPSA) is 46.9 Å².